The maximum Gasteiger partial charge on any atom is 0.339 e. The van der Waals surface area contributed by atoms with Gasteiger partial charge in [0.15, 0.2) is 0 Å². The second kappa shape index (κ2) is 16.1. The summed E-state index contributed by atoms with van der Waals surface area (Å²) < 4.78 is 14.9. The summed E-state index contributed by atoms with van der Waals surface area (Å²) >= 11 is 0. The SMILES string of the molecule is CCN(CC)c1ccc2c(-c3ccccc3C(=O)OCc3ccc(C(=O)Nc4cc5cccnc5c5ncccc45)cc3)c3ccc(=[N+](CC)CC)cc-3oc2c1. The van der Waals surface area contributed by atoms with Crippen molar-refractivity contribution in [1.82, 2.24) is 14.5 Å². The van der Waals surface area contributed by atoms with Gasteiger partial charge < -0.3 is 19.4 Å². The van der Waals surface area contributed by atoms with E-state index in [2.05, 4.69) is 88.9 Å². The first-order valence-electron chi connectivity index (χ1n) is 19.5. The lowest BCUT2D eigenvalue weighted by molar-refractivity contribution is 0.0473. The summed E-state index contributed by atoms with van der Waals surface area (Å²) in [4.78, 5) is 38.7. The van der Waals surface area contributed by atoms with E-state index in [1.807, 2.05) is 54.6 Å². The smallest absolute Gasteiger partial charge is 0.339 e. The number of hydrogen-bond donors (Lipinski definition) is 1. The van der Waals surface area contributed by atoms with Crippen LogP contribution in [0.2, 0.25) is 0 Å². The normalized spacial score (nSPS) is 11.3. The van der Waals surface area contributed by atoms with Gasteiger partial charge in [-0.05, 0) is 99.5 Å². The molecule has 0 bridgehead atoms. The van der Waals surface area contributed by atoms with E-state index in [-0.39, 0.29) is 12.5 Å². The Balaban J connectivity index is 1.07. The third-order valence-corrected chi connectivity index (χ3v) is 10.7. The van der Waals surface area contributed by atoms with Crippen LogP contribution in [0, 0.1) is 0 Å². The van der Waals surface area contributed by atoms with Gasteiger partial charge in [-0.3, -0.25) is 14.8 Å². The highest BCUT2D eigenvalue weighted by Gasteiger charge is 2.24. The molecule has 3 heterocycles. The van der Waals surface area contributed by atoms with Gasteiger partial charge in [-0.15, -0.1) is 0 Å². The van der Waals surface area contributed by atoms with Crippen molar-refractivity contribution in [3.05, 3.63) is 150 Å². The number of nitrogens with one attached hydrogen (secondary N) is 1. The molecule has 4 aromatic carbocycles. The zero-order chi connectivity index (χ0) is 39.5. The minimum Gasteiger partial charge on any atom is -0.457 e. The van der Waals surface area contributed by atoms with E-state index >= 15 is 0 Å². The Morgan fingerprint density at radius 2 is 1.49 bits per heavy atom. The Bertz CT molecular complexity index is 2820. The first kappa shape index (κ1) is 37.1. The molecule has 0 saturated carbocycles. The molecule has 1 amide bonds. The van der Waals surface area contributed by atoms with E-state index in [4.69, 9.17) is 9.15 Å². The second-order valence-corrected chi connectivity index (χ2v) is 13.9. The second-order valence-electron chi connectivity index (χ2n) is 13.9. The van der Waals surface area contributed by atoms with Crippen molar-refractivity contribution in [2.24, 2.45) is 0 Å². The van der Waals surface area contributed by atoms with Crippen LogP contribution in [0.15, 0.2) is 132 Å². The molecule has 1 aliphatic carbocycles. The lowest BCUT2D eigenvalue weighted by atomic mass is 9.90. The highest BCUT2D eigenvalue weighted by molar-refractivity contribution is 6.14. The summed E-state index contributed by atoms with van der Waals surface area (Å²) in [7, 11) is 0. The molecule has 0 fully saturated rings. The van der Waals surface area contributed by atoms with E-state index in [1.165, 1.54) is 0 Å². The molecule has 9 nitrogen and oxygen atoms in total. The molecule has 1 aliphatic heterocycles. The fourth-order valence-electron chi connectivity index (χ4n) is 7.66. The predicted molar refractivity (Wildman–Crippen MR) is 229 cm³/mol. The lowest BCUT2D eigenvalue weighted by Crippen LogP contribution is -2.29. The van der Waals surface area contributed by atoms with Crippen LogP contribution in [0.3, 0.4) is 0 Å². The number of carbonyl (C=O) groups is 2. The number of aromatic nitrogens is 2. The molecule has 2 aromatic heterocycles. The van der Waals surface area contributed by atoms with Crippen molar-refractivity contribution >= 4 is 56.0 Å². The third-order valence-electron chi connectivity index (χ3n) is 10.7. The molecule has 2 aliphatic rings. The molecule has 0 atom stereocenters. The average Bonchev–Trinajstić information content (AvgIpc) is 3.25. The van der Waals surface area contributed by atoms with Crippen LogP contribution >= 0.6 is 0 Å². The molecule has 0 radical (unpaired) electrons. The number of amides is 1. The maximum absolute atomic E-state index is 14.0. The van der Waals surface area contributed by atoms with Gasteiger partial charge in [-0.2, -0.15) is 0 Å². The number of anilines is 2. The standard InChI is InChI=1S/C48H43N5O4/c1-5-52(6-2)34-21-23-39-42(28-34)57-43-29-35(53(7-3)8-4)22-24-40(43)44(39)36-14-9-10-15-37(36)48(55)56-30-31-17-19-32(20-18-31)47(54)51-41-27-33-13-11-25-49-45(33)46-38(41)16-12-26-50-46/h9-29H,5-8,30H2,1-4H3/p+1. The average molecular weight is 755 g/mol. The molecule has 0 unspecified atom stereocenters. The summed E-state index contributed by atoms with van der Waals surface area (Å²) in [6.07, 6.45) is 3.46. The Morgan fingerprint density at radius 3 is 2.26 bits per heavy atom. The zero-order valence-corrected chi connectivity index (χ0v) is 32.6. The minimum absolute atomic E-state index is 0.0368. The molecule has 9 heteroatoms. The number of hydrogen-bond acceptors (Lipinski definition) is 7. The largest absolute Gasteiger partial charge is 0.457 e. The first-order chi connectivity index (χ1) is 27.9. The molecular weight excluding hydrogens is 711 g/mol. The maximum atomic E-state index is 14.0. The number of ether oxygens (including phenoxy) is 1. The van der Waals surface area contributed by atoms with E-state index in [0.717, 1.165) is 98.0 Å². The van der Waals surface area contributed by atoms with Crippen LogP contribution in [0.25, 0.3) is 55.2 Å². The fraction of sp³-hybridized carbons (Fsp3) is 0.188. The summed E-state index contributed by atoms with van der Waals surface area (Å²) in [5.74, 6) is 0.0389. The fourth-order valence-corrected chi connectivity index (χ4v) is 7.66. The first-order valence-corrected chi connectivity index (χ1v) is 19.5. The highest BCUT2D eigenvalue weighted by Crippen LogP contribution is 2.42. The quantitative estimate of drug-likeness (QED) is 0.0608. The van der Waals surface area contributed by atoms with Crippen LogP contribution in [0.1, 0.15) is 54.0 Å². The Morgan fingerprint density at radius 1 is 0.737 bits per heavy atom. The van der Waals surface area contributed by atoms with E-state index in [0.29, 0.717) is 16.8 Å². The Labute approximate surface area is 331 Å². The third kappa shape index (κ3) is 7.20. The Kier molecular flexibility index (Phi) is 10.5. The van der Waals surface area contributed by atoms with Crippen LogP contribution < -0.4 is 20.1 Å². The van der Waals surface area contributed by atoms with Crippen LogP contribution in [-0.2, 0) is 11.3 Å². The molecule has 284 valence electrons. The number of rotatable bonds is 11. The van der Waals surface area contributed by atoms with E-state index in [9.17, 15) is 9.59 Å². The van der Waals surface area contributed by atoms with Crippen LogP contribution in [0.5, 0.6) is 0 Å². The Hall–Kier alpha value is -6.87. The van der Waals surface area contributed by atoms with Gasteiger partial charge in [0.2, 0.25) is 5.36 Å². The molecule has 57 heavy (non-hydrogen) atoms. The van der Waals surface area contributed by atoms with E-state index in [1.54, 1.807) is 36.7 Å². The van der Waals surface area contributed by atoms with Crippen LogP contribution in [0.4, 0.5) is 11.4 Å². The van der Waals surface area contributed by atoms with Gasteiger partial charge >= 0.3 is 5.97 Å². The van der Waals surface area contributed by atoms with Crippen molar-refractivity contribution in [1.29, 1.82) is 0 Å². The van der Waals surface area contributed by atoms with E-state index < -0.39 is 5.97 Å². The van der Waals surface area contributed by atoms with Gasteiger partial charge in [0.25, 0.3) is 5.91 Å². The lowest BCUT2D eigenvalue weighted by Gasteiger charge is -2.22. The molecule has 0 spiro atoms. The highest BCUT2D eigenvalue weighted by atomic mass is 16.5. The van der Waals surface area contributed by atoms with Gasteiger partial charge in [-0.25, -0.2) is 9.37 Å². The number of esters is 1. The number of pyridine rings is 2. The monoisotopic (exact) mass is 754 g/mol. The van der Waals surface area contributed by atoms with Crippen LogP contribution in [-0.4, -0.2) is 48.0 Å². The summed E-state index contributed by atoms with van der Waals surface area (Å²) in [5.41, 5.74) is 8.25. The molecular formula is C48H44N5O4+. The summed E-state index contributed by atoms with van der Waals surface area (Å²) in [6.45, 7) is 12.1. The molecule has 0 saturated heterocycles. The summed E-state index contributed by atoms with van der Waals surface area (Å²) in [6, 6.07) is 36.8. The number of fused-ring (bicyclic) bond motifs is 5. The summed E-state index contributed by atoms with van der Waals surface area (Å²) in [5, 5.41) is 6.74. The molecule has 8 rings (SSSR count). The van der Waals surface area contributed by atoms with Gasteiger partial charge in [0.1, 0.15) is 31.0 Å². The number of carbonyl (C=O) groups excluding carboxylic acids is 2. The molecule has 6 aromatic rings. The topological polar surface area (TPSA) is 101 Å². The van der Waals surface area contributed by atoms with Gasteiger partial charge in [0.05, 0.1) is 28.4 Å². The minimum atomic E-state index is -0.444. The molecule has 1 N–H and O–H groups in total. The number of nitrogens with zero attached hydrogens (tertiary/aromatic N) is 4. The van der Waals surface area contributed by atoms with Gasteiger partial charge in [-0.1, -0.05) is 36.4 Å². The van der Waals surface area contributed by atoms with Crippen molar-refractivity contribution < 1.29 is 18.7 Å². The van der Waals surface area contributed by atoms with Crippen molar-refractivity contribution in [3.63, 3.8) is 0 Å². The predicted octanol–water partition coefficient (Wildman–Crippen LogP) is 9.57. The van der Waals surface area contributed by atoms with Crippen molar-refractivity contribution in [3.8, 4) is 22.5 Å². The van der Waals surface area contributed by atoms with Crippen molar-refractivity contribution in [2.45, 2.75) is 34.3 Å². The number of benzene rings is 5. The van der Waals surface area contributed by atoms with Crippen molar-refractivity contribution in [2.75, 3.05) is 36.4 Å². The zero-order valence-electron chi connectivity index (χ0n) is 32.6. The van der Waals surface area contributed by atoms with Gasteiger partial charge in [0, 0.05) is 76.2 Å².